The van der Waals surface area contributed by atoms with E-state index in [4.69, 9.17) is 0 Å². The highest BCUT2D eigenvalue weighted by Gasteiger charge is 2.22. The van der Waals surface area contributed by atoms with Gasteiger partial charge in [0.05, 0.1) is 5.52 Å². The lowest BCUT2D eigenvalue weighted by molar-refractivity contribution is 0.168. The average molecular weight is 302 g/mol. The van der Waals surface area contributed by atoms with Crippen molar-refractivity contribution in [2.45, 2.75) is 0 Å². The van der Waals surface area contributed by atoms with Gasteiger partial charge >= 0.3 is 6.03 Å². The van der Waals surface area contributed by atoms with E-state index >= 15 is 0 Å². The van der Waals surface area contributed by atoms with E-state index in [1.807, 2.05) is 17.0 Å². The number of amides is 2. The van der Waals surface area contributed by atoms with Gasteiger partial charge in [-0.1, -0.05) is 0 Å². The molecule has 2 aromatic rings. The fourth-order valence-electron chi connectivity index (χ4n) is 2.67. The average Bonchev–Trinajstić information content (AvgIpc) is 2.53. The molecule has 1 saturated heterocycles. The first kappa shape index (κ1) is 14.6. The summed E-state index contributed by atoms with van der Waals surface area (Å²) in [4.78, 5) is 22.0. The van der Waals surface area contributed by atoms with Crippen LogP contribution >= 0.6 is 0 Å². The summed E-state index contributed by atoms with van der Waals surface area (Å²) in [6, 6.07) is 8.56. The number of carbonyl (C=O) groups excluding carboxylic acids is 1. The maximum atomic E-state index is 13.3. The molecule has 0 spiro atoms. The number of fused-ring (bicyclic) bond motifs is 1. The van der Waals surface area contributed by atoms with Crippen molar-refractivity contribution in [1.29, 1.82) is 0 Å². The molecule has 6 heteroatoms. The number of hydrogen-bond acceptors (Lipinski definition) is 3. The first-order valence-corrected chi connectivity index (χ1v) is 7.32. The first-order chi connectivity index (χ1) is 10.5. The molecule has 3 rings (SSSR count). The quantitative estimate of drug-likeness (QED) is 0.810. The molecule has 0 bridgehead atoms. The van der Waals surface area contributed by atoms with Crippen LogP contribution in [0.25, 0.3) is 10.9 Å². The third-order valence-electron chi connectivity index (χ3n) is 3.90. The molecular formula is C16H19FN4O. The molecule has 116 valence electrons. The molecule has 5 nitrogen and oxygen atoms in total. The minimum absolute atomic E-state index is 0.0354. The summed E-state index contributed by atoms with van der Waals surface area (Å²) < 4.78 is 13.3. The number of nitrogens with zero attached hydrogens (tertiary/aromatic N) is 4. The molecule has 1 aromatic carbocycles. The zero-order chi connectivity index (χ0) is 15.7. The van der Waals surface area contributed by atoms with Gasteiger partial charge in [0.2, 0.25) is 0 Å². The van der Waals surface area contributed by atoms with Crippen LogP contribution in [0.5, 0.6) is 0 Å². The Morgan fingerprint density at radius 3 is 2.50 bits per heavy atom. The van der Waals surface area contributed by atoms with Crippen LogP contribution in [-0.2, 0) is 0 Å². The standard InChI is InChI=1S/C16H19FN4O/c1-19(2)16(22)21-9-7-20(8-10-21)15-6-4-12-3-5-13(17)11-14(12)18-15/h3-6,11H,7-10H2,1-2H3. The maximum Gasteiger partial charge on any atom is 0.319 e. The SMILES string of the molecule is CN(C)C(=O)N1CCN(c2ccc3ccc(F)cc3n2)CC1. The Balaban J connectivity index is 1.75. The van der Waals surface area contributed by atoms with Crippen molar-refractivity contribution >= 4 is 22.8 Å². The van der Waals surface area contributed by atoms with E-state index in [2.05, 4.69) is 9.88 Å². The van der Waals surface area contributed by atoms with E-state index in [1.54, 1.807) is 25.1 Å². The Morgan fingerprint density at radius 2 is 1.82 bits per heavy atom. The molecule has 0 aliphatic carbocycles. The van der Waals surface area contributed by atoms with Crippen LogP contribution in [0.3, 0.4) is 0 Å². The van der Waals surface area contributed by atoms with Gasteiger partial charge in [0.1, 0.15) is 11.6 Å². The molecule has 22 heavy (non-hydrogen) atoms. The van der Waals surface area contributed by atoms with Crippen LogP contribution in [0, 0.1) is 5.82 Å². The topological polar surface area (TPSA) is 39.7 Å². The number of hydrogen-bond donors (Lipinski definition) is 0. The third kappa shape index (κ3) is 2.81. The number of anilines is 1. The van der Waals surface area contributed by atoms with Crippen molar-refractivity contribution < 1.29 is 9.18 Å². The lowest BCUT2D eigenvalue weighted by atomic mass is 10.2. The molecular weight excluding hydrogens is 283 g/mol. The number of benzene rings is 1. The molecule has 1 fully saturated rings. The number of urea groups is 1. The van der Waals surface area contributed by atoms with E-state index in [0.717, 1.165) is 24.3 Å². The van der Waals surface area contributed by atoms with Gasteiger partial charge in [-0.25, -0.2) is 14.2 Å². The maximum absolute atomic E-state index is 13.3. The number of piperazine rings is 1. The van der Waals surface area contributed by atoms with Crippen molar-refractivity contribution in [2.75, 3.05) is 45.2 Å². The molecule has 0 unspecified atom stereocenters. The number of pyridine rings is 1. The Labute approximate surface area is 128 Å². The molecule has 1 aromatic heterocycles. The normalized spacial score (nSPS) is 15.2. The Morgan fingerprint density at radius 1 is 1.14 bits per heavy atom. The van der Waals surface area contributed by atoms with Gasteiger partial charge in [-0.05, 0) is 24.3 Å². The Hall–Kier alpha value is -2.37. The molecule has 2 heterocycles. The van der Waals surface area contributed by atoms with Crippen LogP contribution < -0.4 is 4.90 Å². The third-order valence-corrected chi connectivity index (χ3v) is 3.90. The van der Waals surface area contributed by atoms with E-state index in [0.29, 0.717) is 18.6 Å². The van der Waals surface area contributed by atoms with Gasteiger partial charge in [-0.2, -0.15) is 0 Å². The van der Waals surface area contributed by atoms with Crippen LogP contribution in [0.4, 0.5) is 15.0 Å². The zero-order valence-electron chi connectivity index (χ0n) is 12.8. The molecule has 1 aliphatic rings. The molecule has 0 radical (unpaired) electrons. The molecule has 1 aliphatic heterocycles. The highest BCUT2D eigenvalue weighted by molar-refractivity contribution is 5.80. The highest BCUT2D eigenvalue weighted by atomic mass is 19.1. The van der Waals surface area contributed by atoms with Gasteiger partial charge in [0.15, 0.2) is 0 Å². The summed E-state index contributed by atoms with van der Waals surface area (Å²) in [5, 5.41) is 0.923. The van der Waals surface area contributed by atoms with E-state index < -0.39 is 0 Å². The van der Waals surface area contributed by atoms with Crippen LogP contribution in [0.15, 0.2) is 30.3 Å². The van der Waals surface area contributed by atoms with E-state index in [-0.39, 0.29) is 11.8 Å². The van der Waals surface area contributed by atoms with Crippen LogP contribution in [-0.4, -0.2) is 61.1 Å². The van der Waals surface area contributed by atoms with E-state index in [1.165, 1.54) is 12.1 Å². The molecule has 0 N–H and O–H groups in total. The zero-order valence-corrected chi connectivity index (χ0v) is 12.8. The lowest BCUT2D eigenvalue weighted by Gasteiger charge is -2.36. The Bertz CT molecular complexity index is 696. The second-order valence-electron chi connectivity index (χ2n) is 5.66. The van der Waals surface area contributed by atoms with Crippen LogP contribution in [0.1, 0.15) is 0 Å². The first-order valence-electron chi connectivity index (χ1n) is 7.32. The van der Waals surface area contributed by atoms with E-state index in [9.17, 15) is 9.18 Å². The monoisotopic (exact) mass is 302 g/mol. The summed E-state index contributed by atoms with van der Waals surface area (Å²) in [6.07, 6.45) is 0. The van der Waals surface area contributed by atoms with Crippen molar-refractivity contribution in [3.63, 3.8) is 0 Å². The fourth-order valence-corrected chi connectivity index (χ4v) is 2.67. The summed E-state index contributed by atoms with van der Waals surface area (Å²) >= 11 is 0. The number of aromatic nitrogens is 1. The number of carbonyl (C=O) groups is 1. The number of halogens is 1. The van der Waals surface area contributed by atoms with Gasteiger partial charge in [0.25, 0.3) is 0 Å². The van der Waals surface area contributed by atoms with Crippen molar-refractivity contribution in [1.82, 2.24) is 14.8 Å². The summed E-state index contributed by atoms with van der Waals surface area (Å²) in [5.41, 5.74) is 0.657. The van der Waals surface area contributed by atoms with Crippen molar-refractivity contribution in [2.24, 2.45) is 0 Å². The van der Waals surface area contributed by atoms with Crippen molar-refractivity contribution in [3.05, 3.63) is 36.1 Å². The smallest absolute Gasteiger partial charge is 0.319 e. The minimum atomic E-state index is -0.279. The van der Waals surface area contributed by atoms with Crippen LogP contribution in [0.2, 0.25) is 0 Å². The largest absolute Gasteiger partial charge is 0.353 e. The number of rotatable bonds is 1. The molecule has 0 saturated carbocycles. The predicted octanol–water partition coefficient (Wildman–Crippen LogP) is 2.18. The highest BCUT2D eigenvalue weighted by Crippen LogP contribution is 2.20. The van der Waals surface area contributed by atoms with Gasteiger partial charge in [-0.15, -0.1) is 0 Å². The predicted molar refractivity (Wildman–Crippen MR) is 84.6 cm³/mol. The molecule has 2 amide bonds. The minimum Gasteiger partial charge on any atom is -0.353 e. The van der Waals surface area contributed by atoms with Gasteiger partial charge in [0, 0.05) is 51.7 Å². The van der Waals surface area contributed by atoms with Gasteiger partial charge < -0.3 is 14.7 Å². The summed E-state index contributed by atoms with van der Waals surface area (Å²) in [6.45, 7) is 2.79. The second-order valence-corrected chi connectivity index (χ2v) is 5.66. The van der Waals surface area contributed by atoms with Gasteiger partial charge in [-0.3, -0.25) is 0 Å². The summed E-state index contributed by atoms with van der Waals surface area (Å²) in [5.74, 6) is 0.550. The molecule has 0 atom stereocenters. The second kappa shape index (κ2) is 5.79. The van der Waals surface area contributed by atoms with Crippen molar-refractivity contribution in [3.8, 4) is 0 Å². The fraction of sp³-hybridized carbons (Fsp3) is 0.375. The lowest BCUT2D eigenvalue weighted by Crippen LogP contribution is -2.51. The Kier molecular flexibility index (Phi) is 3.83. The summed E-state index contributed by atoms with van der Waals surface area (Å²) in [7, 11) is 3.52.